The molecule has 0 aromatic heterocycles. The summed E-state index contributed by atoms with van der Waals surface area (Å²) in [5.74, 6) is 0.509. The summed E-state index contributed by atoms with van der Waals surface area (Å²) in [5, 5.41) is 3.99. The highest BCUT2D eigenvalue weighted by Gasteiger charge is 2.03. The van der Waals surface area contributed by atoms with Gasteiger partial charge in [-0.1, -0.05) is 50.1 Å². The molecule has 0 unspecified atom stereocenters. The minimum absolute atomic E-state index is 0.262. The molecule has 0 aliphatic heterocycles. The van der Waals surface area contributed by atoms with Crippen molar-refractivity contribution >= 4 is 44.0 Å². The number of hydrogen-bond donors (Lipinski definition) is 1. The van der Waals surface area contributed by atoms with Gasteiger partial charge in [0.1, 0.15) is 12.4 Å². The molecule has 0 atom stereocenters. The first-order chi connectivity index (χ1) is 13.1. The molecule has 3 rings (SSSR count). The van der Waals surface area contributed by atoms with Crippen LogP contribution in [0.15, 0.2) is 86.8 Å². The maximum absolute atomic E-state index is 12.0. The Morgan fingerprint density at radius 1 is 0.963 bits per heavy atom. The van der Waals surface area contributed by atoms with Crippen molar-refractivity contribution in [3.05, 3.63) is 98.4 Å². The number of halogens is 2. The standard InChI is InChI=1S/C21H16Br2N2O2/c22-18-8-4-16(5-9-18)14-27-20-10-6-15(7-11-20)13-24-25-21(26)17-2-1-3-19(23)12-17/h1-13H,14H2,(H,25,26)/b24-13+. The van der Waals surface area contributed by atoms with Gasteiger partial charge in [0.15, 0.2) is 0 Å². The largest absolute Gasteiger partial charge is 0.489 e. The zero-order valence-corrected chi connectivity index (χ0v) is 17.4. The SMILES string of the molecule is O=C(N/N=C/c1ccc(OCc2ccc(Br)cc2)cc1)c1cccc(Br)c1. The molecule has 136 valence electrons. The summed E-state index contributed by atoms with van der Waals surface area (Å²) >= 11 is 6.75. The predicted octanol–water partition coefficient (Wildman–Crippen LogP) is 5.55. The van der Waals surface area contributed by atoms with Crippen LogP contribution in [0, 0.1) is 0 Å². The van der Waals surface area contributed by atoms with Gasteiger partial charge >= 0.3 is 0 Å². The van der Waals surface area contributed by atoms with Crippen LogP contribution in [-0.2, 0) is 6.61 Å². The minimum atomic E-state index is -0.262. The normalized spacial score (nSPS) is 10.7. The lowest BCUT2D eigenvalue weighted by Crippen LogP contribution is -2.17. The van der Waals surface area contributed by atoms with Crippen molar-refractivity contribution in [2.75, 3.05) is 0 Å². The van der Waals surface area contributed by atoms with Gasteiger partial charge in [0, 0.05) is 14.5 Å². The van der Waals surface area contributed by atoms with Crippen molar-refractivity contribution in [3.8, 4) is 5.75 Å². The van der Waals surface area contributed by atoms with E-state index in [0.29, 0.717) is 12.2 Å². The second-order valence-electron chi connectivity index (χ2n) is 5.69. The van der Waals surface area contributed by atoms with Crippen LogP contribution in [0.5, 0.6) is 5.75 Å². The number of carbonyl (C=O) groups excluding carboxylic acids is 1. The Labute approximate surface area is 174 Å². The molecule has 0 aliphatic rings. The Hall–Kier alpha value is -2.44. The summed E-state index contributed by atoms with van der Waals surface area (Å²) in [6, 6.07) is 22.6. The van der Waals surface area contributed by atoms with E-state index in [4.69, 9.17) is 4.74 Å². The number of ether oxygens (including phenoxy) is 1. The molecule has 0 bridgehead atoms. The molecule has 0 heterocycles. The average molecular weight is 488 g/mol. The molecule has 3 aromatic carbocycles. The Balaban J connectivity index is 1.51. The van der Waals surface area contributed by atoms with E-state index in [9.17, 15) is 4.79 Å². The molecule has 1 amide bonds. The van der Waals surface area contributed by atoms with E-state index in [-0.39, 0.29) is 5.91 Å². The van der Waals surface area contributed by atoms with Crippen molar-refractivity contribution in [1.82, 2.24) is 5.43 Å². The topological polar surface area (TPSA) is 50.7 Å². The first-order valence-corrected chi connectivity index (χ1v) is 9.75. The number of nitrogens with zero attached hydrogens (tertiary/aromatic N) is 1. The monoisotopic (exact) mass is 486 g/mol. The smallest absolute Gasteiger partial charge is 0.271 e. The maximum atomic E-state index is 12.0. The van der Waals surface area contributed by atoms with E-state index in [0.717, 1.165) is 25.8 Å². The Bertz CT molecular complexity index is 939. The van der Waals surface area contributed by atoms with Crippen LogP contribution in [0.3, 0.4) is 0 Å². The van der Waals surface area contributed by atoms with E-state index >= 15 is 0 Å². The number of hydrogen-bond acceptors (Lipinski definition) is 3. The molecule has 3 aromatic rings. The number of hydrazone groups is 1. The van der Waals surface area contributed by atoms with Crippen molar-refractivity contribution < 1.29 is 9.53 Å². The fraction of sp³-hybridized carbons (Fsp3) is 0.0476. The summed E-state index contributed by atoms with van der Waals surface area (Å²) in [4.78, 5) is 12.0. The van der Waals surface area contributed by atoms with Crippen molar-refractivity contribution in [2.45, 2.75) is 6.61 Å². The lowest BCUT2D eigenvalue weighted by Gasteiger charge is -2.06. The van der Waals surface area contributed by atoms with Crippen LogP contribution < -0.4 is 10.2 Å². The molecule has 6 heteroatoms. The van der Waals surface area contributed by atoms with Crippen LogP contribution in [0.4, 0.5) is 0 Å². The third-order valence-corrected chi connectivity index (χ3v) is 4.69. The van der Waals surface area contributed by atoms with Gasteiger partial charge in [-0.3, -0.25) is 4.79 Å². The second-order valence-corrected chi connectivity index (χ2v) is 7.53. The van der Waals surface area contributed by atoms with E-state index in [1.165, 1.54) is 0 Å². The quantitative estimate of drug-likeness (QED) is 0.365. The van der Waals surface area contributed by atoms with Crippen LogP contribution in [0.25, 0.3) is 0 Å². The molecule has 0 saturated carbocycles. The molecule has 0 fully saturated rings. The molecule has 0 spiro atoms. The van der Waals surface area contributed by atoms with Gasteiger partial charge in [0.05, 0.1) is 6.21 Å². The maximum Gasteiger partial charge on any atom is 0.271 e. The molecular weight excluding hydrogens is 472 g/mol. The molecule has 0 radical (unpaired) electrons. The summed E-state index contributed by atoms with van der Waals surface area (Å²) in [6.45, 7) is 0.503. The van der Waals surface area contributed by atoms with E-state index in [1.54, 1.807) is 24.4 Å². The fourth-order valence-corrected chi connectivity index (χ4v) is 2.92. The Kier molecular flexibility index (Phi) is 6.79. The molecule has 0 saturated heterocycles. The van der Waals surface area contributed by atoms with Gasteiger partial charge in [0.2, 0.25) is 0 Å². The molecule has 0 aliphatic carbocycles. The first kappa shape index (κ1) is 19.3. The predicted molar refractivity (Wildman–Crippen MR) is 114 cm³/mol. The number of rotatable bonds is 6. The van der Waals surface area contributed by atoms with Crippen LogP contribution in [0.2, 0.25) is 0 Å². The zero-order valence-electron chi connectivity index (χ0n) is 14.2. The van der Waals surface area contributed by atoms with Gasteiger partial charge < -0.3 is 4.74 Å². The Morgan fingerprint density at radius 2 is 1.70 bits per heavy atom. The van der Waals surface area contributed by atoms with Crippen LogP contribution >= 0.6 is 31.9 Å². The van der Waals surface area contributed by atoms with Crippen molar-refractivity contribution in [1.29, 1.82) is 0 Å². The van der Waals surface area contributed by atoms with E-state index < -0.39 is 0 Å². The zero-order chi connectivity index (χ0) is 19.1. The van der Waals surface area contributed by atoms with Crippen LogP contribution in [-0.4, -0.2) is 12.1 Å². The van der Waals surface area contributed by atoms with Crippen LogP contribution in [0.1, 0.15) is 21.5 Å². The van der Waals surface area contributed by atoms with E-state index in [2.05, 4.69) is 42.4 Å². The summed E-state index contributed by atoms with van der Waals surface area (Å²) < 4.78 is 7.65. The summed E-state index contributed by atoms with van der Waals surface area (Å²) in [6.07, 6.45) is 1.59. The van der Waals surface area contributed by atoms with Crippen molar-refractivity contribution in [3.63, 3.8) is 0 Å². The highest BCUT2D eigenvalue weighted by molar-refractivity contribution is 9.10. The number of benzene rings is 3. The lowest BCUT2D eigenvalue weighted by molar-refractivity contribution is 0.0955. The van der Waals surface area contributed by atoms with Crippen molar-refractivity contribution in [2.24, 2.45) is 5.10 Å². The van der Waals surface area contributed by atoms with Gasteiger partial charge in [-0.15, -0.1) is 0 Å². The minimum Gasteiger partial charge on any atom is -0.489 e. The second kappa shape index (κ2) is 9.48. The number of nitrogens with one attached hydrogen (secondary N) is 1. The summed E-state index contributed by atoms with van der Waals surface area (Å²) in [5.41, 5.74) is 5.01. The van der Waals surface area contributed by atoms with Gasteiger partial charge in [0.25, 0.3) is 5.91 Å². The van der Waals surface area contributed by atoms with Gasteiger partial charge in [-0.05, 0) is 65.7 Å². The highest BCUT2D eigenvalue weighted by atomic mass is 79.9. The Morgan fingerprint density at radius 3 is 2.41 bits per heavy atom. The first-order valence-electron chi connectivity index (χ1n) is 8.16. The average Bonchev–Trinajstić information content (AvgIpc) is 2.68. The number of carbonyl (C=O) groups is 1. The molecule has 27 heavy (non-hydrogen) atoms. The molecule has 4 nitrogen and oxygen atoms in total. The van der Waals surface area contributed by atoms with E-state index in [1.807, 2.05) is 54.6 Å². The highest BCUT2D eigenvalue weighted by Crippen LogP contribution is 2.15. The summed E-state index contributed by atoms with van der Waals surface area (Å²) in [7, 11) is 0. The third-order valence-electron chi connectivity index (χ3n) is 3.67. The third kappa shape index (κ3) is 6.05. The number of amides is 1. The lowest BCUT2D eigenvalue weighted by atomic mass is 10.2. The fourth-order valence-electron chi connectivity index (χ4n) is 2.26. The molecule has 1 N–H and O–H groups in total. The molecular formula is C21H16Br2N2O2. The van der Waals surface area contributed by atoms with Gasteiger partial charge in [-0.25, -0.2) is 5.43 Å². The van der Waals surface area contributed by atoms with Gasteiger partial charge in [-0.2, -0.15) is 5.10 Å².